The van der Waals surface area contributed by atoms with Crippen LogP contribution in [0.2, 0.25) is 0 Å². The highest BCUT2D eigenvalue weighted by Crippen LogP contribution is 2.36. The van der Waals surface area contributed by atoms with E-state index >= 15 is 0 Å². The van der Waals surface area contributed by atoms with Crippen LogP contribution in [-0.2, 0) is 14.3 Å². The van der Waals surface area contributed by atoms with Gasteiger partial charge in [0.2, 0.25) is 11.8 Å². The molecule has 2 N–H and O–H groups in total. The second-order valence-corrected chi connectivity index (χ2v) is 5.59. The van der Waals surface area contributed by atoms with E-state index in [4.69, 9.17) is 4.74 Å². The molecule has 1 aliphatic rings. The number of carbonyl (C=O) groups is 2. The van der Waals surface area contributed by atoms with Crippen LogP contribution in [0.4, 0.5) is 5.69 Å². The van der Waals surface area contributed by atoms with Crippen molar-refractivity contribution in [1.82, 2.24) is 5.32 Å². The molecular formula is C14H18N2O3S. The van der Waals surface area contributed by atoms with Gasteiger partial charge in [0, 0.05) is 24.5 Å². The average Bonchev–Trinajstić information content (AvgIpc) is 2.44. The van der Waals surface area contributed by atoms with Crippen molar-refractivity contribution in [2.45, 2.75) is 23.5 Å². The van der Waals surface area contributed by atoms with Crippen molar-refractivity contribution in [1.29, 1.82) is 0 Å². The number of thioether (sulfide) groups is 1. The maximum Gasteiger partial charge on any atom is 0.238 e. The minimum absolute atomic E-state index is 0.117. The zero-order chi connectivity index (χ0) is 14.4. The molecule has 0 spiro atoms. The van der Waals surface area contributed by atoms with Crippen molar-refractivity contribution in [2.75, 3.05) is 25.1 Å². The molecule has 0 radical (unpaired) electrons. The van der Waals surface area contributed by atoms with Gasteiger partial charge in [-0.3, -0.25) is 9.59 Å². The molecule has 0 saturated carbocycles. The average molecular weight is 294 g/mol. The monoisotopic (exact) mass is 294 g/mol. The molecule has 1 aromatic rings. The fraction of sp³-hybridized carbons (Fsp3) is 0.429. The van der Waals surface area contributed by atoms with Gasteiger partial charge in [0.15, 0.2) is 0 Å². The van der Waals surface area contributed by atoms with E-state index in [1.807, 2.05) is 31.2 Å². The summed E-state index contributed by atoms with van der Waals surface area (Å²) >= 11 is 1.43. The summed E-state index contributed by atoms with van der Waals surface area (Å²) in [7, 11) is 0. The molecule has 0 aliphatic carbocycles. The molecule has 2 amide bonds. The molecule has 0 bridgehead atoms. The molecule has 0 fully saturated rings. The number of carbonyl (C=O) groups excluding carboxylic acids is 2. The minimum atomic E-state index is -0.378. The van der Waals surface area contributed by atoms with E-state index in [0.29, 0.717) is 19.8 Å². The summed E-state index contributed by atoms with van der Waals surface area (Å²) in [5, 5.41) is 5.20. The summed E-state index contributed by atoms with van der Waals surface area (Å²) in [6, 6.07) is 7.60. The molecule has 108 valence electrons. The summed E-state index contributed by atoms with van der Waals surface area (Å²) in [5.74, 6) is -0.245. The van der Waals surface area contributed by atoms with Gasteiger partial charge in [-0.1, -0.05) is 12.1 Å². The number of nitrogens with one attached hydrogen (secondary N) is 2. The van der Waals surface area contributed by atoms with Crippen LogP contribution in [-0.4, -0.2) is 36.8 Å². The van der Waals surface area contributed by atoms with Crippen molar-refractivity contribution in [2.24, 2.45) is 0 Å². The Kier molecular flexibility index (Phi) is 5.43. The second-order valence-electron chi connectivity index (χ2n) is 4.34. The van der Waals surface area contributed by atoms with Crippen molar-refractivity contribution >= 4 is 29.3 Å². The SMILES string of the molecule is CCOCCNC(=O)C[C@H]1Sc2ccccc2NC1=O. The van der Waals surface area contributed by atoms with Gasteiger partial charge in [0.25, 0.3) is 0 Å². The van der Waals surface area contributed by atoms with E-state index in [-0.39, 0.29) is 23.5 Å². The lowest BCUT2D eigenvalue weighted by Crippen LogP contribution is -2.35. The number of hydrogen-bond donors (Lipinski definition) is 2. The van der Waals surface area contributed by atoms with Crippen LogP contribution in [0.25, 0.3) is 0 Å². The first-order valence-corrected chi connectivity index (χ1v) is 7.49. The Bertz CT molecular complexity index is 493. The number of anilines is 1. The van der Waals surface area contributed by atoms with Crippen LogP contribution in [0.3, 0.4) is 0 Å². The Hall–Kier alpha value is -1.53. The third kappa shape index (κ3) is 3.98. The summed E-state index contributed by atoms with van der Waals surface area (Å²) in [6.07, 6.45) is 0.178. The minimum Gasteiger partial charge on any atom is -0.380 e. The maximum absolute atomic E-state index is 11.9. The third-order valence-electron chi connectivity index (χ3n) is 2.85. The van der Waals surface area contributed by atoms with Gasteiger partial charge in [-0.15, -0.1) is 11.8 Å². The number of fused-ring (bicyclic) bond motifs is 1. The summed E-state index contributed by atoms with van der Waals surface area (Å²) < 4.78 is 5.14. The predicted molar refractivity (Wildman–Crippen MR) is 78.8 cm³/mol. The van der Waals surface area contributed by atoms with Crippen molar-refractivity contribution in [3.05, 3.63) is 24.3 Å². The first-order valence-electron chi connectivity index (χ1n) is 6.61. The molecule has 2 rings (SSSR count). The van der Waals surface area contributed by atoms with Crippen LogP contribution in [0.15, 0.2) is 29.2 Å². The van der Waals surface area contributed by atoms with E-state index in [1.165, 1.54) is 11.8 Å². The highest BCUT2D eigenvalue weighted by molar-refractivity contribution is 8.01. The largest absolute Gasteiger partial charge is 0.380 e. The van der Waals surface area contributed by atoms with E-state index < -0.39 is 0 Å². The molecule has 1 heterocycles. The van der Waals surface area contributed by atoms with Crippen LogP contribution in [0.1, 0.15) is 13.3 Å². The van der Waals surface area contributed by atoms with E-state index in [1.54, 1.807) is 0 Å². The Morgan fingerprint density at radius 1 is 1.45 bits per heavy atom. The first kappa shape index (κ1) is 14.9. The van der Waals surface area contributed by atoms with E-state index in [2.05, 4.69) is 10.6 Å². The lowest BCUT2D eigenvalue weighted by molar-refractivity contribution is -0.124. The van der Waals surface area contributed by atoms with Crippen LogP contribution < -0.4 is 10.6 Å². The number of benzene rings is 1. The number of rotatable bonds is 6. The molecule has 1 atom stereocenters. The summed E-state index contributed by atoms with van der Waals surface area (Å²) in [6.45, 7) is 3.51. The first-order chi connectivity index (χ1) is 9.70. The van der Waals surface area contributed by atoms with Gasteiger partial charge in [-0.05, 0) is 19.1 Å². The van der Waals surface area contributed by atoms with Crippen LogP contribution in [0, 0.1) is 0 Å². The molecule has 6 heteroatoms. The number of ether oxygens (including phenoxy) is 1. The number of para-hydroxylation sites is 1. The van der Waals surface area contributed by atoms with Crippen molar-refractivity contribution in [3.63, 3.8) is 0 Å². The normalized spacial score (nSPS) is 17.2. The van der Waals surface area contributed by atoms with E-state index in [0.717, 1.165) is 10.6 Å². The topological polar surface area (TPSA) is 67.4 Å². The van der Waals surface area contributed by atoms with Crippen molar-refractivity contribution in [3.8, 4) is 0 Å². The van der Waals surface area contributed by atoms with Gasteiger partial charge in [-0.25, -0.2) is 0 Å². The smallest absolute Gasteiger partial charge is 0.238 e. The summed E-state index contributed by atoms with van der Waals surface area (Å²) in [5.41, 5.74) is 0.815. The zero-order valence-corrected chi connectivity index (χ0v) is 12.2. The molecule has 20 heavy (non-hydrogen) atoms. The molecular weight excluding hydrogens is 276 g/mol. The van der Waals surface area contributed by atoms with Crippen LogP contribution >= 0.6 is 11.8 Å². The third-order valence-corrected chi connectivity index (χ3v) is 4.13. The van der Waals surface area contributed by atoms with Gasteiger partial charge in [0.05, 0.1) is 17.5 Å². The Morgan fingerprint density at radius 3 is 3.05 bits per heavy atom. The highest BCUT2D eigenvalue weighted by atomic mass is 32.2. The zero-order valence-electron chi connectivity index (χ0n) is 11.3. The standard InChI is InChI=1S/C14H18N2O3S/c1-2-19-8-7-15-13(17)9-12-14(18)16-10-5-3-4-6-11(10)20-12/h3-6,12H,2,7-9H2,1H3,(H,15,17)(H,16,18)/t12-/m1/s1. The molecule has 0 saturated heterocycles. The number of hydrogen-bond acceptors (Lipinski definition) is 4. The summed E-state index contributed by atoms with van der Waals surface area (Å²) in [4.78, 5) is 24.7. The lowest BCUT2D eigenvalue weighted by Gasteiger charge is -2.23. The molecule has 0 unspecified atom stereocenters. The van der Waals surface area contributed by atoms with E-state index in [9.17, 15) is 9.59 Å². The predicted octanol–water partition coefficient (Wildman–Crippen LogP) is 1.64. The van der Waals surface area contributed by atoms with Crippen LogP contribution in [0.5, 0.6) is 0 Å². The quantitative estimate of drug-likeness (QED) is 0.783. The van der Waals surface area contributed by atoms with Gasteiger partial charge >= 0.3 is 0 Å². The van der Waals surface area contributed by atoms with Gasteiger partial charge in [0.1, 0.15) is 0 Å². The molecule has 5 nitrogen and oxygen atoms in total. The highest BCUT2D eigenvalue weighted by Gasteiger charge is 2.28. The lowest BCUT2D eigenvalue weighted by atomic mass is 10.2. The molecule has 1 aliphatic heterocycles. The molecule has 0 aromatic heterocycles. The van der Waals surface area contributed by atoms with Gasteiger partial charge in [-0.2, -0.15) is 0 Å². The molecule has 1 aromatic carbocycles. The van der Waals surface area contributed by atoms with Crippen molar-refractivity contribution < 1.29 is 14.3 Å². The Balaban J connectivity index is 1.84. The fourth-order valence-corrected chi connectivity index (χ4v) is 2.98. The number of amides is 2. The maximum atomic E-state index is 11.9. The Morgan fingerprint density at radius 2 is 2.25 bits per heavy atom. The Labute approximate surface area is 122 Å². The second kappa shape index (κ2) is 7.31. The van der Waals surface area contributed by atoms with Gasteiger partial charge < -0.3 is 15.4 Å². The fourth-order valence-electron chi connectivity index (χ4n) is 1.87.